The van der Waals surface area contributed by atoms with E-state index in [1.165, 1.54) is 18.3 Å². The first kappa shape index (κ1) is 12.4. The highest BCUT2D eigenvalue weighted by molar-refractivity contribution is 6.17. The fourth-order valence-corrected chi connectivity index (χ4v) is 1.65. The maximum Gasteiger partial charge on any atom is 0.257 e. The van der Waals surface area contributed by atoms with E-state index in [9.17, 15) is 9.59 Å². The van der Waals surface area contributed by atoms with Gasteiger partial charge >= 0.3 is 0 Å². The quantitative estimate of drug-likeness (QED) is 0.834. The molecule has 5 heteroatoms. The minimum absolute atomic E-state index is 0.240. The number of carbonyl (C=O) groups is 1. The van der Waals surface area contributed by atoms with Crippen molar-refractivity contribution >= 4 is 23.2 Å². The van der Waals surface area contributed by atoms with Crippen molar-refractivity contribution in [2.75, 3.05) is 5.32 Å². The number of benzene rings is 1. The van der Waals surface area contributed by atoms with E-state index in [1.807, 2.05) is 12.1 Å². The highest BCUT2D eigenvalue weighted by atomic mass is 35.5. The number of rotatable bonds is 3. The van der Waals surface area contributed by atoms with Crippen LogP contribution in [0, 0.1) is 0 Å². The van der Waals surface area contributed by atoms with Crippen molar-refractivity contribution in [2.24, 2.45) is 0 Å². The van der Waals surface area contributed by atoms with Gasteiger partial charge in [-0.3, -0.25) is 9.59 Å². The number of pyridine rings is 1. The molecule has 0 aliphatic heterocycles. The second-order valence-electron chi connectivity index (χ2n) is 3.73. The molecule has 0 aliphatic carbocycles. The van der Waals surface area contributed by atoms with Gasteiger partial charge in [-0.15, -0.1) is 11.6 Å². The summed E-state index contributed by atoms with van der Waals surface area (Å²) in [5.74, 6) is 0.112. The predicted molar refractivity (Wildman–Crippen MR) is 71.0 cm³/mol. The Labute approximate surface area is 109 Å². The minimum atomic E-state index is -0.280. The molecule has 18 heavy (non-hydrogen) atoms. The Balaban J connectivity index is 2.15. The molecule has 92 valence electrons. The van der Waals surface area contributed by atoms with E-state index in [0.29, 0.717) is 17.1 Å². The molecule has 2 aromatic rings. The van der Waals surface area contributed by atoms with Crippen LogP contribution in [0.2, 0.25) is 0 Å². The Morgan fingerprint density at radius 3 is 2.78 bits per heavy atom. The van der Waals surface area contributed by atoms with Gasteiger partial charge in [-0.25, -0.2) is 0 Å². The standard InChI is InChI=1S/C13H11ClN2O2/c14-7-9-2-1-3-11(6-9)16-13(18)10-4-5-12(17)15-8-10/h1-6,8H,7H2,(H,15,17)(H,16,18). The van der Waals surface area contributed by atoms with Crippen LogP contribution in [0.1, 0.15) is 15.9 Å². The summed E-state index contributed by atoms with van der Waals surface area (Å²) in [5.41, 5.74) is 1.75. The lowest BCUT2D eigenvalue weighted by atomic mass is 10.2. The summed E-state index contributed by atoms with van der Waals surface area (Å²) in [7, 11) is 0. The van der Waals surface area contributed by atoms with E-state index in [4.69, 9.17) is 11.6 Å². The Kier molecular flexibility index (Phi) is 3.79. The Bertz CT molecular complexity index is 602. The number of aromatic nitrogens is 1. The number of hydrogen-bond donors (Lipinski definition) is 2. The normalized spacial score (nSPS) is 10.1. The third kappa shape index (κ3) is 2.99. The van der Waals surface area contributed by atoms with Crippen LogP contribution in [0.4, 0.5) is 5.69 Å². The number of alkyl halides is 1. The van der Waals surface area contributed by atoms with E-state index >= 15 is 0 Å². The molecule has 1 aromatic carbocycles. The third-order valence-electron chi connectivity index (χ3n) is 2.39. The highest BCUT2D eigenvalue weighted by Gasteiger charge is 2.06. The maximum atomic E-state index is 11.9. The summed E-state index contributed by atoms with van der Waals surface area (Å²) in [6.45, 7) is 0. The Morgan fingerprint density at radius 2 is 2.11 bits per heavy atom. The van der Waals surface area contributed by atoms with Crippen LogP contribution in [0.5, 0.6) is 0 Å². The number of amides is 1. The maximum absolute atomic E-state index is 11.9. The number of H-pyrrole nitrogens is 1. The van der Waals surface area contributed by atoms with Crippen LogP contribution in [0.3, 0.4) is 0 Å². The molecule has 4 nitrogen and oxygen atoms in total. The number of carbonyl (C=O) groups excluding carboxylic acids is 1. The number of aromatic amines is 1. The van der Waals surface area contributed by atoms with E-state index in [-0.39, 0.29) is 11.5 Å². The highest BCUT2D eigenvalue weighted by Crippen LogP contribution is 2.13. The van der Waals surface area contributed by atoms with Crippen molar-refractivity contribution in [3.05, 3.63) is 64.1 Å². The lowest BCUT2D eigenvalue weighted by molar-refractivity contribution is 0.102. The second-order valence-corrected chi connectivity index (χ2v) is 4.00. The lowest BCUT2D eigenvalue weighted by Crippen LogP contribution is -2.14. The molecule has 0 saturated heterocycles. The zero-order valence-corrected chi connectivity index (χ0v) is 10.2. The molecule has 1 aromatic heterocycles. The van der Waals surface area contributed by atoms with Crippen molar-refractivity contribution in [2.45, 2.75) is 5.88 Å². The van der Waals surface area contributed by atoms with Crippen LogP contribution in [0.15, 0.2) is 47.4 Å². The summed E-state index contributed by atoms with van der Waals surface area (Å²) in [6, 6.07) is 10.1. The molecule has 0 aliphatic rings. The van der Waals surface area contributed by atoms with Crippen molar-refractivity contribution < 1.29 is 4.79 Å². The molecule has 1 heterocycles. The minimum Gasteiger partial charge on any atom is -0.328 e. The van der Waals surface area contributed by atoms with Gasteiger partial charge in [0, 0.05) is 23.8 Å². The SMILES string of the molecule is O=C(Nc1cccc(CCl)c1)c1ccc(=O)[nH]c1. The van der Waals surface area contributed by atoms with Gasteiger partial charge in [-0.2, -0.15) is 0 Å². The average Bonchev–Trinajstić information content (AvgIpc) is 2.39. The van der Waals surface area contributed by atoms with Crippen molar-refractivity contribution in [1.82, 2.24) is 4.98 Å². The fraction of sp³-hybridized carbons (Fsp3) is 0.0769. The van der Waals surface area contributed by atoms with Crippen molar-refractivity contribution in [3.63, 3.8) is 0 Å². The first-order valence-electron chi connectivity index (χ1n) is 5.34. The van der Waals surface area contributed by atoms with Gasteiger partial charge in [0.15, 0.2) is 0 Å². The van der Waals surface area contributed by atoms with Gasteiger partial charge in [-0.05, 0) is 23.8 Å². The summed E-state index contributed by atoms with van der Waals surface area (Å²) >= 11 is 5.72. The summed E-state index contributed by atoms with van der Waals surface area (Å²) in [5, 5.41) is 2.73. The molecule has 2 rings (SSSR count). The molecule has 0 fully saturated rings. The Morgan fingerprint density at radius 1 is 1.28 bits per heavy atom. The molecular formula is C13H11ClN2O2. The van der Waals surface area contributed by atoms with Crippen LogP contribution >= 0.6 is 11.6 Å². The number of hydrogen-bond acceptors (Lipinski definition) is 2. The van der Waals surface area contributed by atoms with Crippen molar-refractivity contribution in [1.29, 1.82) is 0 Å². The molecule has 0 saturated carbocycles. The first-order chi connectivity index (χ1) is 8.69. The monoisotopic (exact) mass is 262 g/mol. The van der Waals surface area contributed by atoms with Gasteiger partial charge in [0.25, 0.3) is 5.91 Å². The number of anilines is 1. The molecule has 1 amide bonds. The topological polar surface area (TPSA) is 62.0 Å². The smallest absolute Gasteiger partial charge is 0.257 e. The molecule has 0 radical (unpaired) electrons. The van der Waals surface area contributed by atoms with Crippen molar-refractivity contribution in [3.8, 4) is 0 Å². The van der Waals surface area contributed by atoms with Gasteiger partial charge in [0.05, 0.1) is 5.56 Å². The van der Waals surface area contributed by atoms with Crippen LogP contribution < -0.4 is 10.9 Å². The van der Waals surface area contributed by atoms with Gasteiger partial charge in [-0.1, -0.05) is 12.1 Å². The number of halogens is 1. The third-order valence-corrected chi connectivity index (χ3v) is 2.69. The fourth-order valence-electron chi connectivity index (χ4n) is 1.49. The van der Waals surface area contributed by atoms with Crippen LogP contribution in [-0.2, 0) is 5.88 Å². The summed E-state index contributed by atoms with van der Waals surface area (Å²) in [4.78, 5) is 25.2. The molecule has 2 N–H and O–H groups in total. The van der Waals surface area contributed by atoms with Gasteiger partial charge < -0.3 is 10.3 Å². The van der Waals surface area contributed by atoms with E-state index in [1.54, 1.807) is 12.1 Å². The van der Waals surface area contributed by atoms with E-state index in [2.05, 4.69) is 10.3 Å². The lowest BCUT2D eigenvalue weighted by Gasteiger charge is -2.06. The van der Waals surface area contributed by atoms with Crippen LogP contribution in [0.25, 0.3) is 0 Å². The van der Waals surface area contributed by atoms with Gasteiger partial charge in [0.2, 0.25) is 5.56 Å². The number of nitrogens with one attached hydrogen (secondary N) is 2. The van der Waals surface area contributed by atoms with E-state index in [0.717, 1.165) is 5.56 Å². The Hall–Kier alpha value is -2.07. The zero-order chi connectivity index (χ0) is 13.0. The molecule has 0 bridgehead atoms. The van der Waals surface area contributed by atoms with Gasteiger partial charge in [0.1, 0.15) is 0 Å². The molecule has 0 unspecified atom stereocenters. The first-order valence-corrected chi connectivity index (χ1v) is 5.87. The molecule has 0 atom stereocenters. The summed E-state index contributed by atoms with van der Waals surface area (Å²) in [6.07, 6.45) is 1.38. The molecular weight excluding hydrogens is 252 g/mol. The summed E-state index contributed by atoms with van der Waals surface area (Å²) < 4.78 is 0. The average molecular weight is 263 g/mol. The second kappa shape index (κ2) is 5.51. The molecule has 0 spiro atoms. The largest absolute Gasteiger partial charge is 0.328 e. The predicted octanol–water partition coefficient (Wildman–Crippen LogP) is 2.37. The van der Waals surface area contributed by atoms with E-state index < -0.39 is 0 Å². The zero-order valence-electron chi connectivity index (χ0n) is 9.44. The van der Waals surface area contributed by atoms with Crippen LogP contribution in [-0.4, -0.2) is 10.9 Å².